The van der Waals surface area contributed by atoms with Crippen molar-refractivity contribution in [3.8, 4) is 5.69 Å². The number of rotatable bonds is 3. The van der Waals surface area contributed by atoms with Gasteiger partial charge in [-0.2, -0.15) is 29.3 Å². The molecule has 10 heteroatoms. The second-order valence-electron chi connectivity index (χ2n) is 5.29. The van der Waals surface area contributed by atoms with E-state index in [0.717, 1.165) is 27.4 Å². The molecule has 0 radical (unpaired) electrons. The van der Waals surface area contributed by atoms with Crippen molar-refractivity contribution in [2.75, 3.05) is 6.26 Å². The van der Waals surface area contributed by atoms with Crippen LogP contribution in [-0.4, -0.2) is 19.8 Å². The Kier molecular flexibility index (Phi) is 4.50. The highest BCUT2D eigenvalue weighted by Crippen LogP contribution is 2.28. The quantitative estimate of drug-likeness (QED) is 0.693. The summed E-state index contributed by atoms with van der Waals surface area (Å²) < 4.78 is 45.2. The predicted molar refractivity (Wildman–Crippen MR) is 92.7 cm³/mol. The van der Waals surface area contributed by atoms with E-state index in [9.17, 15) is 22.8 Å². The standard InChI is InChI=1S/C15H12F3N3O2S2/c1-20-12(15(16,17)18)6-13(22)21(14(20)23)8-3-4-11-9(5-8)10(7-24-2)19-25-11/h3-6H,7H2,1-2H3. The molecule has 0 spiro atoms. The molecule has 0 aliphatic heterocycles. The molecule has 0 saturated heterocycles. The molecular formula is C15H12F3N3O2S2. The average molecular weight is 387 g/mol. The smallest absolute Gasteiger partial charge is 0.292 e. The van der Waals surface area contributed by atoms with Gasteiger partial charge in [-0.3, -0.25) is 9.36 Å². The van der Waals surface area contributed by atoms with Crippen molar-refractivity contribution in [2.24, 2.45) is 7.05 Å². The van der Waals surface area contributed by atoms with E-state index in [1.54, 1.807) is 23.9 Å². The Balaban J connectivity index is 2.25. The van der Waals surface area contributed by atoms with Crippen LogP contribution < -0.4 is 11.2 Å². The molecule has 5 nitrogen and oxygen atoms in total. The number of fused-ring (bicyclic) bond motifs is 1. The van der Waals surface area contributed by atoms with Crippen LogP contribution in [0.3, 0.4) is 0 Å². The van der Waals surface area contributed by atoms with Crippen molar-refractivity contribution < 1.29 is 13.2 Å². The van der Waals surface area contributed by atoms with Crippen LogP contribution in [0.4, 0.5) is 13.2 Å². The summed E-state index contributed by atoms with van der Waals surface area (Å²) in [5.41, 5.74) is -2.32. The number of alkyl halides is 3. The van der Waals surface area contributed by atoms with Crippen LogP contribution in [-0.2, 0) is 19.0 Å². The molecule has 2 heterocycles. The summed E-state index contributed by atoms with van der Waals surface area (Å²) in [5, 5.41) is 0.783. The summed E-state index contributed by atoms with van der Waals surface area (Å²) in [6.45, 7) is 0. The summed E-state index contributed by atoms with van der Waals surface area (Å²) in [5.74, 6) is 0.656. The monoisotopic (exact) mass is 387 g/mol. The number of halogens is 3. The molecule has 3 rings (SSSR count). The summed E-state index contributed by atoms with van der Waals surface area (Å²) in [6.07, 6.45) is -2.86. The molecule has 132 valence electrons. The maximum absolute atomic E-state index is 12.9. The first-order valence-electron chi connectivity index (χ1n) is 7.02. The number of hydrogen-bond donors (Lipinski definition) is 0. The van der Waals surface area contributed by atoms with E-state index in [-0.39, 0.29) is 5.69 Å². The van der Waals surface area contributed by atoms with Gasteiger partial charge < -0.3 is 0 Å². The molecule has 0 N–H and O–H groups in total. The van der Waals surface area contributed by atoms with E-state index in [0.29, 0.717) is 16.4 Å². The third-order valence-electron chi connectivity index (χ3n) is 3.68. The van der Waals surface area contributed by atoms with Gasteiger partial charge in [0.2, 0.25) is 0 Å². The van der Waals surface area contributed by atoms with Crippen molar-refractivity contribution >= 4 is 33.4 Å². The van der Waals surface area contributed by atoms with Gasteiger partial charge in [0.1, 0.15) is 5.69 Å². The summed E-state index contributed by atoms with van der Waals surface area (Å²) in [4.78, 5) is 24.5. The van der Waals surface area contributed by atoms with Gasteiger partial charge in [-0.25, -0.2) is 9.36 Å². The highest BCUT2D eigenvalue weighted by atomic mass is 32.2. The Morgan fingerprint density at radius 1 is 1.24 bits per heavy atom. The van der Waals surface area contributed by atoms with Crippen LogP contribution in [0.15, 0.2) is 33.9 Å². The van der Waals surface area contributed by atoms with Crippen molar-refractivity contribution in [3.63, 3.8) is 0 Å². The van der Waals surface area contributed by atoms with Gasteiger partial charge >= 0.3 is 11.9 Å². The molecule has 0 atom stereocenters. The first kappa shape index (κ1) is 17.7. The largest absolute Gasteiger partial charge is 0.431 e. The van der Waals surface area contributed by atoms with Crippen molar-refractivity contribution in [1.29, 1.82) is 0 Å². The lowest BCUT2D eigenvalue weighted by atomic mass is 10.2. The number of nitrogens with zero attached hydrogens (tertiary/aromatic N) is 3. The van der Waals surface area contributed by atoms with Crippen LogP contribution in [0.25, 0.3) is 15.8 Å². The second kappa shape index (κ2) is 6.34. The lowest BCUT2D eigenvalue weighted by Gasteiger charge is -2.14. The summed E-state index contributed by atoms with van der Waals surface area (Å²) >= 11 is 2.87. The van der Waals surface area contributed by atoms with Crippen LogP contribution >= 0.6 is 23.3 Å². The van der Waals surface area contributed by atoms with Gasteiger partial charge in [-0.05, 0) is 36.0 Å². The molecule has 25 heavy (non-hydrogen) atoms. The first-order valence-corrected chi connectivity index (χ1v) is 9.18. The van der Waals surface area contributed by atoms with Crippen LogP contribution in [0.2, 0.25) is 0 Å². The normalized spacial score (nSPS) is 12.0. The maximum Gasteiger partial charge on any atom is 0.431 e. The zero-order valence-corrected chi connectivity index (χ0v) is 14.8. The minimum Gasteiger partial charge on any atom is -0.292 e. The molecule has 2 aromatic heterocycles. The Hall–Kier alpha value is -2.07. The molecule has 0 unspecified atom stereocenters. The molecule has 0 fully saturated rings. The van der Waals surface area contributed by atoms with Crippen molar-refractivity contribution in [2.45, 2.75) is 11.9 Å². The highest BCUT2D eigenvalue weighted by Gasteiger charge is 2.35. The fraction of sp³-hybridized carbons (Fsp3) is 0.267. The van der Waals surface area contributed by atoms with E-state index in [1.165, 1.54) is 17.6 Å². The van der Waals surface area contributed by atoms with Gasteiger partial charge in [0.15, 0.2) is 0 Å². The lowest BCUT2D eigenvalue weighted by molar-refractivity contribution is -0.144. The van der Waals surface area contributed by atoms with E-state index in [1.807, 2.05) is 6.26 Å². The number of aromatic nitrogens is 3. The van der Waals surface area contributed by atoms with Crippen molar-refractivity contribution in [1.82, 2.24) is 13.5 Å². The highest BCUT2D eigenvalue weighted by molar-refractivity contribution is 7.97. The van der Waals surface area contributed by atoms with Gasteiger partial charge in [-0.15, -0.1) is 0 Å². The fourth-order valence-electron chi connectivity index (χ4n) is 2.49. The Labute approximate surface area is 147 Å². The minimum atomic E-state index is -4.78. The zero-order valence-electron chi connectivity index (χ0n) is 13.1. The lowest BCUT2D eigenvalue weighted by Crippen LogP contribution is -2.40. The van der Waals surface area contributed by atoms with E-state index in [4.69, 9.17) is 0 Å². The second-order valence-corrected chi connectivity index (χ2v) is 6.96. The molecule has 0 saturated carbocycles. The molecular weight excluding hydrogens is 375 g/mol. The van der Waals surface area contributed by atoms with E-state index < -0.39 is 23.1 Å². The first-order chi connectivity index (χ1) is 11.7. The third kappa shape index (κ3) is 3.11. The van der Waals surface area contributed by atoms with Crippen LogP contribution in [0.5, 0.6) is 0 Å². The SMILES string of the molecule is CSCc1nsc2ccc(-n3c(=O)cc(C(F)(F)F)n(C)c3=O)cc12. The van der Waals surface area contributed by atoms with E-state index in [2.05, 4.69) is 4.37 Å². The van der Waals surface area contributed by atoms with Crippen LogP contribution in [0, 0.1) is 0 Å². The Morgan fingerprint density at radius 2 is 1.96 bits per heavy atom. The average Bonchev–Trinajstić information content (AvgIpc) is 2.93. The number of thioether (sulfide) groups is 1. The van der Waals surface area contributed by atoms with Gasteiger partial charge in [0.25, 0.3) is 5.56 Å². The maximum atomic E-state index is 12.9. The Bertz CT molecular complexity index is 1070. The van der Waals surface area contributed by atoms with Gasteiger partial charge in [0, 0.05) is 24.3 Å². The topological polar surface area (TPSA) is 56.9 Å². The van der Waals surface area contributed by atoms with E-state index >= 15 is 0 Å². The molecule has 0 bridgehead atoms. The molecule has 0 aliphatic carbocycles. The minimum absolute atomic E-state index is 0.217. The summed E-state index contributed by atoms with van der Waals surface area (Å²) in [6, 6.07) is 5.27. The van der Waals surface area contributed by atoms with Gasteiger partial charge in [0.05, 0.1) is 16.1 Å². The Morgan fingerprint density at radius 3 is 2.60 bits per heavy atom. The fourth-order valence-corrected chi connectivity index (χ4v) is 3.84. The van der Waals surface area contributed by atoms with Crippen LogP contribution in [0.1, 0.15) is 11.4 Å². The van der Waals surface area contributed by atoms with Gasteiger partial charge in [-0.1, -0.05) is 0 Å². The molecule has 0 amide bonds. The molecule has 0 aliphatic rings. The number of hydrogen-bond acceptors (Lipinski definition) is 5. The molecule has 3 aromatic rings. The number of benzene rings is 1. The third-order valence-corrected chi connectivity index (χ3v) is 5.10. The van der Waals surface area contributed by atoms with Crippen molar-refractivity contribution in [3.05, 3.63) is 56.5 Å². The zero-order chi connectivity index (χ0) is 18.4. The predicted octanol–water partition coefficient (Wildman–Crippen LogP) is 3.03. The summed E-state index contributed by atoms with van der Waals surface area (Å²) in [7, 11) is 0.991. The molecule has 1 aromatic carbocycles.